The van der Waals surface area contributed by atoms with Crippen molar-refractivity contribution in [2.24, 2.45) is 0 Å². The van der Waals surface area contributed by atoms with E-state index in [9.17, 15) is 14.7 Å². The fourth-order valence-electron chi connectivity index (χ4n) is 4.10. The van der Waals surface area contributed by atoms with E-state index in [1.54, 1.807) is 61.5 Å². The Kier molecular flexibility index (Phi) is 6.82. The lowest BCUT2D eigenvalue weighted by Gasteiger charge is -2.24. The second-order valence-electron chi connectivity index (χ2n) is 7.84. The molecule has 8 heteroatoms. The van der Waals surface area contributed by atoms with Crippen LogP contribution in [0.2, 0.25) is 0 Å². The SMILES string of the molecule is CCOc1ccc(/C(O)=C2/C(=O)C(=O)N(c3cccc(OC)c3)C2c2ccc(C)o2)c(OCC)c1. The highest BCUT2D eigenvalue weighted by atomic mass is 16.5. The number of carbonyl (C=O) groups excluding carboxylic acids is 2. The molecular formula is C27H27NO7. The van der Waals surface area contributed by atoms with Gasteiger partial charge in [-0.1, -0.05) is 6.07 Å². The zero-order valence-electron chi connectivity index (χ0n) is 20.0. The van der Waals surface area contributed by atoms with Gasteiger partial charge in [0.25, 0.3) is 11.7 Å². The van der Waals surface area contributed by atoms with Crippen LogP contribution in [0, 0.1) is 6.92 Å². The van der Waals surface area contributed by atoms with E-state index in [0.29, 0.717) is 47.7 Å². The maximum atomic E-state index is 13.3. The number of rotatable bonds is 8. The molecule has 35 heavy (non-hydrogen) atoms. The number of methoxy groups -OCH3 is 1. The van der Waals surface area contributed by atoms with Gasteiger partial charge >= 0.3 is 0 Å². The highest BCUT2D eigenvalue weighted by Crippen LogP contribution is 2.44. The molecular weight excluding hydrogens is 450 g/mol. The number of amides is 1. The van der Waals surface area contributed by atoms with E-state index in [1.807, 2.05) is 13.8 Å². The first-order valence-electron chi connectivity index (χ1n) is 11.3. The lowest BCUT2D eigenvalue weighted by molar-refractivity contribution is -0.132. The summed E-state index contributed by atoms with van der Waals surface area (Å²) in [5.41, 5.74) is 0.603. The fourth-order valence-corrected chi connectivity index (χ4v) is 4.10. The summed E-state index contributed by atoms with van der Waals surface area (Å²) in [6.07, 6.45) is 0. The van der Waals surface area contributed by atoms with Crippen molar-refractivity contribution in [2.45, 2.75) is 26.8 Å². The number of aliphatic hydroxyl groups excluding tert-OH is 1. The highest BCUT2D eigenvalue weighted by molar-refractivity contribution is 6.51. The van der Waals surface area contributed by atoms with Crippen molar-refractivity contribution in [3.05, 3.63) is 77.3 Å². The average Bonchev–Trinajstić information content (AvgIpc) is 3.40. The molecule has 1 fully saturated rings. The van der Waals surface area contributed by atoms with Gasteiger partial charge in [0.2, 0.25) is 0 Å². The van der Waals surface area contributed by atoms with Crippen LogP contribution < -0.4 is 19.1 Å². The molecule has 0 spiro atoms. The number of hydrogen-bond donors (Lipinski definition) is 1. The molecule has 0 saturated carbocycles. The number of aryl methyl sites for hydroxylation is 1. The molecule has 0 aliphatic carbocycles. The molecule has 1 N–H and O–H groups in total. The van der Waals surface area contributed by atoms with E-state index in [-0.39, 0.29) is 16.9 Å². The van der Waals surface area contributed by atoms with Gasteiger partial charge in [-0.15, -0.1) is 0 Å². The van der Waals surface area contributed by atoms with Crippen molar-refractivity contribution in [1.82, 2.24) is 0 Å². The second kappa shape index (κ2) is 9.97. The monoisotopic (exact) mass is 477 g/mol. The minimum atomic E-state index is -0.989. The summed E-state index contributed by atoms with van der Waals surface area (Å²) >= 11 is 0. The molecule has 182 valence electrons. The highest BCUT2D eigenvalue weighted by Gasteiger charge is 2.48. The zero-order valence-corrected chi connectivity index (χ0v) is 20.0. The molecule has 2 aromatic carbocycles. The van der Waals surface area contributed by atoms with Crippen LogP contribution in [-0.2, 0) is 9.59 Å². The van der Waals surface area contributed by atoms with Gasteiger partial charge in [-0.05, 0) is 57.2 Å². The summed E-state index contributed by atoms with van der Waals surface area (Å²) in [6, 6.07) is 14.2. The predicted molar refractivity (Wildman–Crippen MR) is 130 cm³/mol. The first-order valence-corrected chi connectivity index (χ1v) is 11.3. The number of ether oxygens (including phenoxy) is 3. The molecule has 1 atom stereocenters. The third-order valence-electron chi connectivity index (χ3n) is 5.63. The largest absolute Gasteiger partial charge is 0.507 e. The molecule has 1 amide bonds. The van der Waals surface area contributed by atoms with Crippen LogP contribution in [0.3, 0.4) is 0 Å². The Bertz CT molecular complexity index is 1290. The number of ketones is 1. The zero-order chi connectivity index (χ0) is 25.1. The summed E-state index contributed by atoms with van der Waals surface area (Å²) in [6.45, 7) is 6.22. The molecule has 1 aromatic heterocycles. The Balaban J connectivity index is 1.92. The van der Waals surface area contributed by atoms with Gasteiger partial charge in [-0.3, -0.25) is 14.5 Å². The summed E-state index contributed by atoms with van der Waals surface area (Å²) < 4.78 is 22.4. The predicted octanol–water partition coefficient (Wildman–Crippen LogP) is 5.02. The third kappa shape index (κ3) is 4.47. The average molecular weight is 478 g/mol. The van der Waals surface area contributed by atoms with Crippen LogP contribution >= 0.6 is 0 Å². The van der Waals surface area contributed by atoms with Crippen LogP contribution in [0.15, 0.2) is 64.6 Å². The van der Waals surface area contributed by atoms with E-state index >= 15 is 0 Å². The lowest BCUT2D eigenvalue weighted by atomic mass is 9.98. The second-order valence-corrected chi connectivity index (χ2v) is 7.84. The Morgan fingerprint density at radius 2 is 1.77 bits per heavy atom. The van der Waals surface area contributed by atoms with Gasteiger partial charge in [-0.2, -0.15) is 0 Å². The van der Waals surface area contributed by atoms with Crippen molar-refractivity contribution in [2.75, 3.05) is 25.2 Å². The van der Waals surface area contributed by atoms with Gasteiger partial charge in [0.05, 0.1) is 31.5 Å². The Morgan fingerprint density at radius 3 is 2.43 bits per heavy atom. The summed E-state index contributed by atoms with van der Waals surface area (Å²) in [5.74, 6) is 0.370. The topological polar surface area (TPSA) is 98.4 Å². The molecule has 8 nitrogen and oxygen atoms in total. The van der Waals surface area contributed by atoms with Crippen LogP contribution in [0.25, 0.3) is 5.76 Å². The molecule has 0 radical (unpaired) electrons. The Hall–Kier alpha value is -4.20. The summed E-state index contributed by atoms with van der Waals surface area (Å²) in [7, 11) is 1.52. The molecule has 0 bridgehead atoms. The minimum Gasteiger partial charge on any atom is -0.507 e. The third-order valence-corrected chi connectivity index (χ3v) is 5.63. The number of aliphatic hydroxyl groups is 1. The Morgan fingerprint density at radius 1 is 1.00 bits per heavy atom. The van der Waals surface area contributed by atoms with Crippen molar-refractivity contribution in [1.29, 1.82) is 0 Å². The number of hydrogen-bond acceptors (Lipinski definition) is 7. The standard InChI is InChI=1S/C27H27NO7/c1-5-33-19-11-12-20(22(15-19)34-6-2)25(29)23-24(21-13-10-16(3)35-21)28(27(31)26(23)30)17-8-7-9-18(14-17)32-4/h7-15,24,29H,5-6H2,1-4H3/b25-23-. The van der Waals surface area contributed by atoms with Gasteiger partial charge in [0.1, 0.15) is 40.6 Å². The van der Waals surface area contributed by atoms with Crippen molar-refractivity contribution in [3.8, 4) is 17.2 Å². The van der Waals surface area contributed by atoms with Crippen LogP contribution in [-0.4, -0.2) is 37.1 Å². The first-order chi connectivity index (χ1) is 16.9. The summed E-state index contributed by atoms with van der Waals surface area (Å²) in [5, 5.41) is 11.4. The fraction of sp³-hybridized carbons (Fsp3) is 0.259. The van der Waals surface area contributed by atoms with E-state index in [1.165, 1.54) is 12.0 Å². The number of Topliss-reactive ketones (excluding diaryl/α,β-unsaturated/α-hetero) is 1. The van der Waals surface area contributed by atoms with Crippen molar-refractivity contribution in [3.63, 3.8) is 0 Å². The smallest absolute Gasteiger partial charge is 0.300 e. The molecule has 1 aliphatic heterocycles. The van der Waals surface area contributed by atoms with E-state index in [2.05, 4.69) is 0 Å². The van der Waals surface area contributed by atoms with Gasteiger partial charge < -0.3 is 23.7 Å². The van der Waals surface area contributed by atoms with Crippen LogP contribution in [0.4, 0.5) is 5.69 Å². The molecule has 4 rings (SSSR count). The molecule has 2 heterocycles. The maximum Gasteiger partial charge on any atom is 0.300 e. The van der Waals surface area contributed by atoms with Crippen molar-refractivity contribution >= 4 is 23.1 Å². The van der Waals surface area contributed by atoms with Gasteiger partial charge in [-0.25, -0.2) is 0 Å². The van der Waals surface area contributed by atoms with Gasteiger partial charge in [0, 0.05) is 17.8 Å². The number of furan rings is 1. The Labute approximate surface area is 203 Å². The number of anilines is 1. The first kappa shape index (κ1) is 23.9. The number of benzene rings is 2. The lowest BCUT2D eigenvalue weighted by Crippen LogP contribution is -2.29. The number of carbonyl (C=O) groups is 2. The number of nitrogens with zero attached hydrogens (tertiary/aromatic N) is 1. The maximum absolute atomic E-state index is 13.3. The molecule has 1 saturated heterocycles. The normalized spacial score (nSPS) is 17.0. The van der Waals surface area contributed by atoms with E-state index in [0.717, 1.165) is 0 Å². The quantitative estimate of drug-likeness (QED) is 0.276. The molecule has 1 aliphatic rings. The van der Waals surface area contributed by atoms with Gasteiger partial charge in [0.15, 0.2) is 0 Å². The van der Waals surface area contributed by atoms with Crippen LogP contribution in [0.5, 0.6) is 17.2 Å². The van der Waals surface area contributed by atoms with E-state index in [4.69, 9.17) is 18.6 Å². The van der Waals surface area contributed by atoms with Crippen molar-refractivity contribution < 1.29 is 33.3 Å². The minimum absolute atomic E-state index is 0.0997. The molecule has 3 aromatic rings. The summed E-state index contributed by atoms with van der Waals surface area (Å²) in [4.78, 5) is 27.9. The van der Waals surface area contributed by atoms with Crippen LogP contribution in [0.1, 0.15) is 37.0 Å². The molecule has 1 unspecified atom stereocenters. The van der Waals surface area contributed by atoms with E-state index < -0.39 is 17.7 Å².